The summed E-state index contributed by atoms with van der Waals surface area (Å²) in [6.07, 6.45) is 1.21. The molecule has 0 atom stereocenters. The molecule has 4 N–H and O–H groups in total. The molecular formula is C13H18N6O2. The van der Waals surface area contributed by atoms with Gasteiger partial charge in [-0.2, -0.15) is 4.98 Å². The quantitative estimate of drug-likeness (QED) is 0.567. The average molecular weight is 290 g/mol. The number of nitrogen functional groups attached to an aromatic ring is 1. The van der Waals surface area contributed by atoms with Crippen LogP contribution in [0.25, 0.3) is 0 Å². The second kappa shape index (κ2) is 5.88. The highest BCUT2D eigenvalue weighted by Gasteiger charge is 2.19. The summed E-state index contributed by atoms with van der Waals surface area (Å²) in [6, 6.07) is 3.33. The Morgan fingerprint density at radius 3 is 2.71 bits per heavy atom. The van der Waals surface area contributed by atoms with Gasteiger partial charge in [-0.3, -0.25) is 4.79 Å². The molecule has 2 aromatic heterocycles. The van der Waals surface area contributed by atoms with Crippen molar-refractivity contribution in [2.45, 2.75) is 32.7 Å². The van der Waals surface area contributed by atoms with E-state index in [4.69, 9.17) is 5.84 Å². The third-order valence-corrected chi connectivity index (χ3v) is 2.82. The number of anilines is 1. The van der Waals surface area contributed by atoms with Gasteiger partial charge in [-0.1, -0.05) is 25.9 Å². The molecule has 2 aromatic rings. The van der Waals surface area contributed by atoms with Crippen LogP contribution in [0.3, 0.4) is 0 Å². The molecule has 0 unspecified atom stereocenters. The van der Waals surface area contributed by atoms with Gasteiger partial charge in [0.15, 0.2) is 5.82 Å². The van der Waals surface area contributed by atoms with E-state index in [9.17, 15) is 4.79 Å². The van der Waals surface area contributed by atoms with Crippen LogP contribution in [0.1, 0.15) is 42.6 Å². The van der Waals surface area contributed by atoms with Crippen molar-refractivity contribution in [3.63, 3.8) is 0 Å². The minimum absolute atomic E-state index is 0.188. The van der Waals surface area contributed by atoms with Gasteiger partial charge in [0.2, 0.25) is 6.39 Å². The zero-order valence-electron chi connectivity index (χ0n) is 12.2. The molecular weight excluding hydrogens is 272 g/mol. The third-order valence-electron chi connectivity index (χ3n) is 2.82. The summed E-state index contributed by atoms with van der Waals surface area (Å²) in [5.74, 6) is 5.99. The Morgan fingerprint density at radius 1 is 1.38 bits per heavy atom. The van der Waals surface area contributed by atoms with Crippen LogP contribution >= 0.6 is 0 Å². The minimum Gasteiger partial charge on any atom is -0.345 e. The Morgan fingerprint density at radius 2 is 2.14 bits per heavy atom. The van der Waals surface area contributed by atoms with Crippen molar-refractivity contribution in [3.05, 3.63) is 35.6 Å². The Kier molecular flexibility index (Phi) is 4.18. The zero-order chi connectivity index (χ0) is 15.5. The first kappa shape index (κ1) is 14.9. The minimum atomic E-state index is -0.260. The van der Waals surface area contributed by atoms with E-state index in [0.717, 1.165) is 5.69 Å². The van der Waals surface area contributed by atoms with Crippen LogP contribution in [-0.4, -0.2) is 21.0 Å². The van der Waals surface area contributed by atoms with Crippen LogP contribution in [0, 0.1) is 0 Å². The lowest BCUT2D eigenvalue weighted by Gasteiger charge is -2.19. The molecule has 0 saturated carbocycles. The van der Waals surface area contributed by atoms with Gasteiger partial charge in [0.1, 0.15) is 5.82 Å². The van der Waals surface area contributed by atoms with E-state index in [1.165, 1.54) is 6.39 Å². The van der Waals surface area contributed by atoms with E-state index in [-0.39, 0.29) is 17.9 Å². The summed E-state index contributed by atoms with van der Waals surface area (Å²) in [7, 11) is 0. The van der Waals surface area contributed by atoms with Gasteiger partial charge in [-0.25, -0.2) is 10.8 Å². The standard InChI is InChI=1S/C13H18N6O2/c1-13(2,3)9-4-8(5-10(17-9)18-14)12(20)15-6-11-16-7-21-19-11/h4-5,7H,6,14H2,1-3H3,(H,15,20)(H,17,18). The Hall–Kier alpha value is -2.48. The first-order chi connectivity index (χ1) is 9.90. The molecule has 0 aliphatic rings. The molecule has 21 heavy (non-hydrogen) atoms. The lowest BCUT2D eigenvalue weighted by Crippen LogP contribution is -2.25. The van der Waals surface area contributed by atoms with Crippen molar-refractivity contribution in [1.82, 2.24) is 20.4 Å². The highest BCUT2D eigenvalue weighted by atomic mass is 16.5. The number of nitrogens with zero attached hydrogens (tertiary/aromatic N) is 3. The third kappa shape index (κ3) is 3.76. The lowest BCUT2D eigenvalue weighted by molar-refractivity contribution is 0.0949. The van der Waals surface area contributed by atoms with Crippen LogP contribution in [0.5, 0.6) is 0 Å². The molecule has 0 radical (unpaired) electrons. The first-order valence-corrected chi connectivity index (χ1v) is 6.43. The van der Waals surface area contributed by atoms with E-state index in [2.05, 4.69) is 30.4 Å². The molecule has 0 spiro atoms. The molecule has 0 aromatic carbocycles. The number of aromatic nitrogens is 3. The SMILES string of the molecule is CC(C)(C)c1cc(C(=O)NCc2ncon2)cc(NN)n1. The maximum atomic E-state index is 12.2. The lowest BCUT2D eigenvalue weighted by atomic mass is 9.90. The number of hydrogen-bond donors (Lipinski definition) is 3. The number of pyridine rings is 1. The number of hydrogen-bond acceptors (Lipinski definition) is 7. The van der Waals surface area contributed by atoms with Crippen LogP contribution in [0.4, 0.5) is 5.82 Å². The number of nitrogens with one attached hydrogen (secondary N) is 2. The van der Waals surface area contributed by atoms with Crippen molar-refractivity contribution in [2.75, 3.05) is 5.43 Å². The molecule has 0 fully saturated rings. The number of carbonyl (C=O) groups excluding carboxylic acids is 1. The van der Waals surface area contributed by atoms with Gasteiger partial charge in [-0.15, -0.1) is 0 Å². The fourth-order valence-electron chi connectivity index (χ4n) is 1.65. The first-order valence-electron chi connectivity index (χ1n) is 6.43. The van der Waals surface area contributed by atoms with Crippen molar-refractivity contribution < 1.29 is 9.32 Å². The average Bonchev–Trinajstić information content (AvgIpc) is 2.96. The van der Waals surface area contributed by atoms with Gasteiger partial charge in [0.25, 0.3) is 5.91 Å². The van der Waals surface area contributed by atoms with E-state index < -0.39 is 0 Å². The summed E-state index contributed by atoms with van der Waals surface area (Å²) >= 11 is 0. The summed E-state index contributed by atoms with van der Waals surface area (Å²) < 4.78 is 4.60. The molecule has 112 valence electrons. The van der Waals surface area contributed by atoms with Gasteiger partial charge >= 0.3 is 0 Å². The molecule has 2 heterocycles. The maximum Gasteiger partial charge on any atom is 0.251 e. The van der Waals surface area contributed by atoms with Crippen molar-refractivity contribution >= 4 is 11.7 Å². The number of rotatable bonds is 4. The molecule has 0 aliphatic heterocycles. The normalized spacial score (nSPS) is 11.2. The molecule has 8 nitrogen and oxygen atoms in total. The Labute approximate surface area is 122 Å². The summed E-state index contributed by atoms with van der Waals surface area (Å²) in [4.78, 5) is 20.4. The van der Waals surface area contributed by atoms with Crippen molar-refractivity contribution in [1.29, 1.82) is 0 Å². The monoisotopic (exact) mass is 290 g/mol. The highest BCUT2D eigenvalue weighted by molar-refractivity contribution is 5.95. The molecule has 2 rings (SSSR count). The van der Waals surface area contributed by atoms with E-state index in [0.29, 0.717) is 17.2 Å². The predicted molar refractivity (Wildman–Crippen MR) is 76.2 cm³/mol. The van der Waals surface area contributed by atoms with Crippen molar-refractivity contribution in [2.24, 2.45) is 5.84 Å². The molecule has 0 bridgehead atoms. The zero-order valence-corrected chi connectivity index (χ0v) is 12.2. The summed E-state index contributed by atoms with van der Waals surface area (Å²) in [5.41, 5.74) is 3.51. The molecule has 8 heteroatoms. The second-order valence-corrected chi connectivity index (χ2v) is 5.55. The van der Waals surface area contributed by atoms with E-state index in [1.54, 1.807) is 12.1 Å². The van der Waals surface area contributed by atoms with Crippen LogP contribution in [-0.2, 0) is 12.0 Å². The van der Waals surface area contributed by atoms with Gasteiger partial charge < -0.3 is 15.3 Å². The smallest absolute Gasteiger partial charge is 0.251 e. The van der Waals surface area contributed by atoms with Gasteiger partial charge in [0, 0.05) is 16.7 Å². The van der Waals surface area contributed by atoms with Gasteiger partial charge in [0.05, 0.1) is 6.54 Å². The Bertz CT molecular complexity index is 618. The van der Waals surface area contributed by atoms with E-state index in [1.807, 2.05) is 20.8 Å². The van der Waals surface area contributed by atoms with Crippen LogP contribution in [0.2, 0.25) is 0 Å². The van der Waals surface area contributed by atoms with E-state index >= 15 is 0 Å². The predicted octanol–water partition coefficient (Wildman–Crippen LogP) is 0.978. The number of amides is 1. The number of carbonyl (C=O) groups is 1. The highest BCUT2D eigenvalue weighted by Crippen LogP contribution is 2.23. The fraction of sp³-hybridized carbons (Fsp3) is 0.385. The topological polar surface area (TPSA) is 119 Å². The van der Waals surface area contributed by atoms with Crippen LogP contribution < -0.4 is 16.6 Å². The largest absolute Gasteiger partial charge is 0.345 e. The van der Waals surface area contributed by atoms with Gasteiger partial charge in [-0.05, 0) is 12.1 Å². The van der Waals surface area contributed by atoms with Crippen molar-refractivity contribution in [3.8, 4) is 0 Å². The second-order valence-electron chi connectivity index (χ2n) is 5.55. The molecule has 1 amide bonds. The number of nitrogens with two attached hydrogens (primary N) is 1. The molecule has 0 saturated heterocycles. The fourth-order valence-corrected chi connectivity index (χ4v) is 1.65. The number of hydrazine groups is 1. The summed E-state index contributed by atoms with van der Waals surface area (Å²) in [6.45, 7) is 6.22. The summed E-state index contributed by atoms with van der Waals surface area (Å²) in [5, 5.41) is 6.34. The maximum absolute atomic E-state index is 12.2. The van der Waals surface area contributed by atoms with Crippen LogP contribution in [0.15, 0.2) is 23.0 Å². The molecule has 0 aliphatic carbocycles. The Balaban J connectivity index is 2.19.